The van der Waals surface area contributed by atoms with Crippen molar-refractivity contribution in [2.75, 3.05) is 13.2 Å². The van der Waals surface area contributed by atoms with Crippen LogP contribution in [0.5, 0.6) is 0 Å². The normalized spacial score (nSPS) is 14.4. The first-order valence-corrected chi connectivity index (χ1v) is 9.00. The van der Waals surface area contributed by atoms with Crippen molar-refractivity contribution in [2.24, 2.45) is 0 Å². The Morgan fingerprint density at radius 1 is 1.13 bits per heavy atom. The Labute approximate surface area is 99.7 Å². The monoisotopic (exact) mass is 306 g/mol. The first kappa shape index (κ1) is 15.8. The lowest BCUT2D eigenvalue weighted by atomic mass is 10.4. The predicted molar refractivity (Wildman–Crippen MR) is 54.3 cm³/mol. The molecule has 0 unspecified atom stereocenters. The number of ether oxygens (including phenoxy) is 1. The fourth-order valence-corrected chi connectivity index (χ4v) is 2.37. The summed E-state index contributed by atoms with van der Waals surface area (Å²) in [7, 11) is 0. The largest absolute Gasteiger partial charge is 0.424 e. The van der Waals surface area contributed by atoms with E-state index in [2.05, 4.69) is 4.74 Å². The predicted octanol–water partition coefficient (Wildman–Crippen LogP) is 3.88. The second-order valence-corrected chi connectivity index (χ2v) is 11.3. The van der Waals surface area contributed by atoms with Crippen molar-refractivity contribution in [1.29, 1.82) is 0 Å². The van der Waals surface area contributed by atoms with Crippen LogP contribution in [0.2, 0.25) is 0 Å². The van der Waals surface area contributed by atoms with E-state index in [4.69, 9.17) is 33.2 Å². The Balaban J connectivity index is 4.56. The van der Waals surface area contributed by atoms with Crippen LogP contribution in [0.1, 0.15) is 13.3 Å². The van der Waals surface area contributed by atoms with E-state index in [0.717, 1.165) is 0 Å². The number of rotatable bonds is 6. The van der Waals surface area contributed by atoms with Crippen molar-refractivity contribution < 1.29 is 22.3 Å². The maximum absolute atomic E-state index is 13.0. The van der Waals surface area contributed by atoms with Gasteiger partial charge in [-0.3, -0.25) is 0 Å². The zero-order valence-electron chi connectivity index (χ0n) is 7.68. The van der Waals surface area contributed by atoms with E-state index in [9.17, 15) is 17.6 Å². The summed E-state index contributed by atoms with van der Waals surface area (Å²) in [5.41, 5.74) is -4.64. The van der Waals surface area contributed by atoms with Crippen molar-refractivity contribution in [2.45, 2.75) is 24.8 Å². The zero-order valence-corrected chi connectivity index (χ0v) is 10.9. The van der Waals surface area contributed by atoms with Gasteiger partial charge >= 0.3 is 17.5 Å². The lowest BCUT2D eigenvalue weighted by Gasteiger charge is -2.29. The summed E-state index contributed by atoms with van der Waals surface area (Å²) in [4.78, 5) is 0. The van der Waals surface area contributed by atoms with Crippen LogP contribution in [0.25, 0.3) is 0 Å². The molecule has 1 nitrogen and oxygen atoms in total. The minimum Gasteiger partial charge on any atom is -0.375 e. The molecule has 0 N–H and O–H groups in total. The maximum atomic E-state index is 13.0. The van der Waals surface area contributed by atoms with Crippen LogP contribution in [0.3, 0.4) is 0 Å². The summed E-state index contributed by atoms with van der Waals surface area (Å²) >= 11 is 14.7. The quantitative estimate of drug-likeness (QED) is 0.313. The average molecular weight is 308 g/mol. The summed E-state index contributed by atoms with van der Waals surface area (Å²) in [5, 5.41) is 0. The van der Waals surface area contributed by atoms with E-state index in [1.165, 1.54) is 0 Å². The van der Waals surface area contributed by atoms with Gasteiger partial charge in [0.05, 0.1) is 0 Å². The molecule has 0 amide bonds. The van der Waals surface area contributed by atoms with E-state index in [1.807, 2.05) is 0 Å². The van der Waals surface area contributed by atoms with Gasteiger partial charge in [0.2, 0.25) is 0 Å². The molecule has 0 aromatic rings. The van der Waals surface area contributed by atoms with Gasteiger partial charge in [0.15, 0.2) is 0 Å². The lowest BCUT2D eigenvalue weighted by Crippen LogP contribution is -2.55. The standard InChI is InChI=1S/C6H9Cl3F4OSi/c1-2-3-14-4-5(10,11)6(12,13)15(7,8)9/h2-4H2,1H3. The topological polar surface area (TPSA) is 9.23 Å². The molecule has 0 aliphatic rings. The third-order valence-electron chi connectivity index (χ3n) is 1.45. The third-order valence-corrected chi connectivity index (χ3v) is 4.66. The van der Waals surface area contributed by atoms with Gasteiger partial charge < -0.3 is 4.74 Å². The minimum absolute atomic E-state index is 0.0485. The Hall–Kier alpha value is 0.767. The van der Waals surface area contributed by atoms with Crippen LogP contribution in [0.4, 0.5) is 17.6 Å². The first-order chi connectivity index (χ1) is 6.56. The zero-order chi connectivity index (χ0) is 12.3. The van der Waals surface area contributed by atoms with Gasteiger partial charge in [-0.1, -0.05) is 6.92 Å². The van der Waals surface area contributed by atoms with E-state index < -0.39 is 24.1 Å². The summed E-state index contributed by atoms with van der Waals surface area (Å²) in [6, 6.07) is -4.83. The molecule has 15 heavy (non-hydrogen) atoms. The maximum Gasteiger partial charge on any atom is 0.424 e. The molecule has 0 saturated carbocycles. The molecular formula is C6H9Cl3F4OSi. The van der Waals surface area contributed by atoms with Gasteiger partial charge in [0.1, 0.15) is 6.61 Å². The highest BCUT2D eigenvalue weighted by Crippen LogP contribution is 2.47. The fourth-order valence-electron chi connectivity index (χ4n) is 0.643. The van der Waals surface area contributed by atoms with Crippen LogP contribution in [-0.2, 0) is 4.74 Å². The molecule has 0 aliphatic heterocycles. The highest BCUT2D eigenvalue weighted by atomic mass is 35.8. The van der Waals surface area contributed by atoms with Crippen LogP contribution < -0.4 is 0 Å². The molecular weight excluding hydrogens is 299 g/mol. The van der Waals surface area contributed by atoms with Crippen molar-refractivity contribution in [3.8, 4) is 0 Å². The molecule has 0 aromatic heterocycles. The summed E-state index contributed by atoms with van der Waals surface area (Å²) in [5.74, 6) is -4.46. The average Bonchev–Trinajstić information content (AvgIpc) is 2.02. The molecule has 92 valence electrons. The second-order valence-electron chi connectivity index (χ2n) is 2.83. The molecule has 0 aliphatic carbocycles. The van der Waals surface area contributed by atoms with Crippen LogP contribution in [0.15, 0.2) is 0 Å². The van der Waals surface area contributed by atoms with E-state index in [0.29, 0.717) is 6.42 Å². The van der Waals surface area contributed by atoms with E-state index in [1.54, 1.807) is 6.92 Å². The first-order valence-electron chi connectivity index (χ1n) is 3.96. The van der Waals surface area contributed by atoms with Crippen LogP contribution >= 0.6 is 33.2 Å². The second kappa shape index (κ2) is 5.40. The van der Waals surface area contributed by atoms with Crippen molar-refractivity contribution in [3.63, 3.8) is 0 Å². The van der Waals surface area contributed by atoms with Gasteiger partial charge in [-0.25, -0.2) is 0 Å². The summed E-state index contributed by atoms with van der Waals surface area (Å²) < 4.78 is 56.1. The number of hydrogen-bond donors (Lipinski definition) is 0. The smallest absolute Gasteiger partial charge is 0.375 e. The third kappa shape index (κ3) is 3.92. The molecule has 9 heteroatoms. The van der Waals surface area contributed by atoms with Gasteiger partial charge in [-0.15, -0.1) is 33.2 Å². The Bertz CT molecular complexity index is 209. The van der Waals surface area contributed by atoms with Gasteiger partial charge in [0, 0.05) is 6.61 Å². The van der Waals surface area contributed by atoms with E-state index in [-0.39, 0.29) is 6.61 Å². The van der Waals surface area contributed by atoms with Gasteiger partial charge in [-0.2, -0.15) is 17.6 Å². The summed E-state index contributed by atoms with van der Waals surface area (Å²) in [6.07, 6.45) is 0.437. The fraction of sp³-hybridized carbons (Fsp3) is 1.00. The number of hydrogen-bond acceptors (Lipinski definition) is 1. The molecule has 0 saturated heterocycles. The SMILES string of the molecule is CCCOCC(F)(F)C(F)(F)[Si](Cl)(Cl)Cl. The molecule has 0 spiro atoms. The molecule has 0 rings (SSSR count). The molecule has 0 radical (unpaired) electrons. The number of alkyl halides is 4. The summed E-state index contributed by atoms with van der Waals surface area (Å²) in [6.45, 7) is 0.155. The van der Waals surface area contributed by atoms with Gasteiger partial charge in [-0.05, 0) is 6.42 Å². The van der Waals surface area contributed by atoms with Crippen molar-refractivity contribution >= 4 is 39.2 Å². The Morgan fingerprint density at radius 3 is 1.93 bits per heavy atom. The molecule has 0 heterocycles. The number of halogens is 7. The Kier molecular flexibility index (Phi) is 5.68. The van der Waals surface area contributed by atoms with Crippen molar-refractivity contribution in [3.05, 3.63) is 0 Å². The van der Waals surface area contributed by atoms with Crippen LogP contribution in [0, 0.1) is 0 Å². The highest BCUT2D eigenvalue weighted by molar-refractivity contribution is 7.65. The molecule has 0 atom stereocenters. The molecule has 0 fully saturated rings. The Morgan fingerprint density at radius 2 is 1.60 bits per heavy atom. The minimum atomic E-state index is -4.83. The van der Waals surface area contributed by atoms with Gasteiger partial charge in [0.25, 0.3) is 0 Å². The highest BCUT2D eigenvalue weighted by Gasteiger charge is 2.70. The van der Waals surface area contributed by atoms with Crippen LogP contribution in [-0.4, -0.2) is 30.7 Å². The van der Waals surface area contributed by atoms with Crippen molar-refractivity contribution in [1.82, 2.24) is 0 Å². The molecule has 0 bridgehead atoms. The molecule has 0 aromatic carbocycles. The van der Waals surface area contributed by atoms with E-state index >= 15 is 0 Å². The lowest BCUT2D eigenvalue weighted by molar-refractivity contribution is -0.191.